The van der Waals surface area contributed by atoms with E-state index in [2.05, 4.69) is 13.2 Å². The molecule has 0 saturated heterocycles. The van der Waals surface area contributed by atoms with Gasteiger partial charge in [-0.2, -0.15) is 0 Å². The van der Waals surface area contributed by atoms with Crippen LogP contribution in [0, 0.1) is 5.82 Å². The Labute approximate surface area is 199 Å². The molecule has 0 N–H and O–H groups in total. The third kappa shape index (κ3) is 9.48. The highest BCUT2D eigenvalue weighted by Crippen LogP contribution is 2.24. The lowest BCUT2D eigenvalue weighted by Gasteiger charge is -2.08. The number of esters is 3. The first kappa shape index (κ1) is 26.7. The third-order valence-electron chi connectivity index (χ3n) is 3.87. The van der Waals surface area contributed by atoms with E-state index in [-0.39, 0.29) is 49.2 Å². The van der Waals surface area contributed by atoms with Crippen molar-refractivity contribution in [2.45, 2.75) is 0 Å². The van der Waals surface area contributed by atoms with Crippen molar-refractivity contribution in [3.8, 4) is 17.2 Å². The van der Waals surface area contributed by atoms with Gasteiger partial charge in [-0.25, -0.2) is 23.6 Å². The molecule has 0 aromatic heterocycles. The molecule has 0 aliphatic rings. The first-order valence-electron chi connectivity index (χ1n) is 10.00. The van der Waals surface area contributed by atoms with Gasteiger partial charge in [-0.3, -0.25) is 0 Å². The Kier molecular flexibility index (Phi) is 10.6. The van der Waals surface area contributed by atoms with Crippen molar-refractivity contribution in [3.63, 3.8) is 0 Å². The first-order chi connectivity index (χ1) is 16.8. The number of hydrogen-bond donors (Lipinski definition) is 0. The van der Waals surface area contributed by atoms with E-state index in [1.54, 1.807) is 0 Å². The molecule has 0 radical (unpaired) electrons. The van der Waals surface area contributed by atoms with Gasteiger partial charge in [0.05, 0.1) is 18.8 Å². The Morgan fingerprint density at radius 2 is 1.37 bits per heavy atom. The average Bonchev–Trinajstić information content (AvgIpc) is 2.85. The molecule has 2 aromatic rings. The van der Waals surface area contributed by atoms with E-state index in [1.807, 2.05) is 0 Å². The summed E-state index contributed by atoms with van der Waals surface area (Å²) in [5, 5.41) is 0. The normalized spacial score (nSPS) is 9.97. The predicted octanol–water partition coefficient (Wildman–Crippen LogP) is 3.40. The Morgan fingerprint density at radius 1 is 0.743 bits per heavy atom. The van der Waals surface area contributed by atoms with Crippen LogP contribution in [-0.2, 0) is 23.8 Å². The number of hydrogen-bond acceptors (Lipinski definition) is 10. The average molecular weight is 488 g/mol. The lowest BCUT2D eigenvalue weighted by atomic mass is 10.2. The molecule has 0 amide bonds. The smallest absolute Gasteiger partial charge is 0.460 e. The summed E-state index contributed by atoms with van der Waals surface area (Å²) in [7, 11) is 0. The van der Waals surface area contributed by atoms with Gasteiger partial charge in [-0.05, 0) is 36.4 Å². The second-order valence-corrected chi connectivity index (χ2v) is 6.32. The largest absolute Gasteiger partial charge is 0.513 e. The molecule has 11 heteroatoms. The van der Waals surface area contributed by atoms with Crippen molar-refractivity contribution in [3.05, 3.63) is 79.2 Å². The quantitative estimate of drug-likeness (QED) is 0.144. The van der Waals surface area contributed by atoms with E-state index in [1.165, 1.54) is 30.3 Å². The van der Waals surface area contributed by atoms with E-state index in [0.29, 0.717) is 0 Å². The molecular weight excluding hydrogens is 467 g/mol. The number of carbonyl (C=O) groups excluding carboxylic acids is 4. The summed E-state index contributed by atoms with van der Waals surface area (Å²) in [6, 6.07) is 8.59. The summed E-state index contributed by atoms with van der Waals surface area (Å²) in [6.07, 6.45) is 0.916. The van der Waals surface area contributed by atoms with E-state index < -0.39 is 29.9 Å². The van der Waals surface area contributed by atoms with Crippen molar-refractivity contribution in [1.29, 1.82) is 0 Å². The van der Waals surface area contributed by atoms with Crippen LogP contribution in [-0.4, -0.2) is 50.5 Å². The van der Waals surface area contributed by atoms with Crippen molar-refractivity contribution in [2.75, 3.05) is 26.4 Å². The van der Waals surface area contributed by atoms with Crippen molar-refractivity contribution in [1.82, 2.24) is 0 Å². The molecule has 0 heterocycles. The highest BCUT2D eigenvalue weighted by atomic mass is 19.1. The minimum atomic E-state index is -0.991. The Hall–Kier alpha value is -4.51. The predicted molar refractivity (Wildman–Crippen MR) is 118 cm³/mol. The van der Waals surface area contributed by atoms with Crippen LogP contribution in [0.4, 0.5) is 9.18 Å². The maximum atomic E-state index is 14.0. The molecule has 0 aliphatic carbocycles. The van der Waals surface area contributed by atoms with E-state index in [9.17, 15) is 23.6 Å². The molecule has 2 aromatic carbocycles. The van der Waals surface area contributed by atoms with Crippen LogP contribution >= 0.6 is 0 Å². The fraction of sp³-hybridized carbons (Fsp3) is 0.167. The highest BCUT2D eigenvalue weighted by Gasteiger charge is 2.14. The lowest BCUT2D eigenvalue weighted by Crippen LogP contribution is -2.16. The zero-order valence-corrected chi connectivity index (χ0v) is 18.4. The molecule has 0 bridgehead atoms. The van der Waals surface area contributed by atoms with Gasteiger partial charge < -0.3 is 28.4 Å². The maximum absolute atomic E-state index is 14.0. The second-order valence-electron chi connectivity index (χ2n) is 6.32. The van der Waals surface area contributed by atoms with Gasteiger partial charge in [0.2, 0.25) is 0 Å². The molecular formula is C24H21FO10. The zero-order chi connectivity index (χ0) is 25.6. The molecule has 0 unspecified atom stereocenters. The van der Waals surface area contributed by atoms with Crippen LogP contribution < -0.4 is 14.2 Å². The third-order valence-corrected chi connectivity index (χ3v) is 3.87. The Morgan fingerprint density at radius 3 is 2.00 bits per heavy atom. The summed E-state index contributed by atoms with van der Waals surface area (Å²) in [6.45, 7) is 6.58. The molecule has 0 spiro atoms. The summed E-state index contributed by atoms with van der Waals surface area (Å²) in [4.78, 5) is 45.9. The first-order valence-corrected chi connectivity index (χ1v) is 10.00. The fourth-order valence-corrected chi connectivity index (χ4v) is 2.27. The van der Waals surface area contributed by atoms with E-state index in [0.717, 1.165) is 24.3 Å². The molecule has 0 fully saturated rings. The van der Waals surface area contributed by atoms with Crippen LogP contribution in [0.2, 0.25) is 0 Å². The van der Waals surface area contributed by atoms with Gasteiger partial charge in [0.25, 0.3) is 0 Å². The minimum absolute atomic E-state index is 0.0372. The van der Waals surface area contributed by atoms with Crippen LogP contribution in [0.1, 0.15) is 10.4 Å². The van der Waals surface area contributed by atoms with Crippen LogP contribution in [0.15, 0.2) is 67.8 Å². The number of halogens is 1. The second kappa shape index (κ2) is 13.9. The maximum Gasteiger partial charge on any atom is 0.513 e. The standard InChI is InChI=1S/C24H21FO10/c1-3-21(26)31-13-11-30-12-14-32-24(29)34-17-7-5-16(6-8-17)23(28)33-18-9-10-20(19(25)15-18)35-22(27)4-2/h3-10,15H,1-2,11-14H2. The van der Waals surface area contributed by atoms with Crippen molar-refractivity contribution < 1.29 is 52.0 Å². The molecule has 0 saturated carbocycles. The topological polar surface area (TPSA) is 124 Å². The number of rotatable bonds is 12. The number of carbonyl (C=O) groups is 4. The zero-order valence-electron chi connectivity index (χ0n) is 18.4. The molecule has 10 nitrogen and oxygen atoms in total. The van der Waals surface area contributed by atoms with E-state index in [4.69, 9.17) is 28.4 Å². The molecule has 0 atom stereocenters. The Balaban J connectivity index is 1.76. The van der Waals surface area contributed by atoms with Crippen molar-refractivity contribution >= 4 is 24.1 Å². The SMILES string of the molecule is C=CC(=O)OCCOCCOC(=O)Oc1ccc(C(=O)Oc2ccc(OC(=O)C=C)c(F)c2)cc1. The highest BCUT2D eigenvalue weighted by molar-refractivity contribution is 5.91. The molecule has 0 aliphatic heterocycles. The van der Waals surface area contributed by atoms with Gasteiger partial charge in [0, 0.05) is 18.2 Å². The lowest BCUT2D eigenvalue weighted by molar-refractivity contribution is -0.139. The van der Waals surface area contributed by atoms with Crippen LogP contribution in [0.25, 0.3) is 0 Å². The monoisotopic (exact) mass is 488 g/mol. The van der Waals surface area contributed by atoms with Gasteiger partial charge in [-0.15, -0.1) is 0 Å². The summed E-state index contributed by atoms with van der Waals surface area (Å²) in [5.41, 5.74) is 0.0962. The Bertz CT molecular complexity index is 1080. The number of ether oxygens (including phenoxy) is 6. The molecule has 35 heavy (non-hydrogen) atoms. The summed E-state index contributed by atoms with van der Waals surface area (Å²) < 4.78 is 43.4. The summed E-state index contributed by atoms with van der Waals surface area (Å²) in [5.74, 6) is -3.47. The van der Waals surface area contributed by atoms with Gasteiger partial charge in [0.15, 0.2) is 11.6 Å². The van der Waals surface area contributed by atoms with Gasteiger partial charge in [-0.1, -0.05) is 13.2 Å². The number of benzene rings is 2. The molecule has 184 valence electrons. The van der Waals surface area contributed by atoms with Gasteiger partial charge >= 0.3 is 24.1 Å². The minimum Gasteiger partial charge on any atom is -0.460 e. The van der Waals surface area contributed by atoms with Crippen LogP contribution in [0.5, 0.6) is 17.2 Å². The molecule has 2 rings (SSSR count). The van der Waals surface area contributed by atoms with Crippen LogP contribution in [0.3, 0.4) is 0 Å². The van der Waals surface area contributed by atoms with Gasteiger partial charge in [0.1, 0.15) is 24.7 Å². The van der Waals surface area contributed by atoms with E-state index >= 15 is 0 Å². The fourth-order valence-electron chi connectivity index (χ4n) is 2.27. The van der Waals surface area contributed by atoms with Crippen molar-refractivity contribution in [2.24, 2.45) is 0 Å². The summed E-state index contributed by atoms with van der Waals surface area (Å²) >= 11 is 0.